The van der Waals surface area contributed by atoms with Crippen molar-refractivity contribution >= 4 is 51.0 Å². The summed E-state index contributed by atoms with van der Waals surface area (Å²) in [4.78, 5) is 36.8. The lowest BCUT2D eigenvalue weighted by Gasteiger charge is -2.19. The number of rotatable bonds is 8. The normalized spacial score (nSPS) is 11.5. The van der Waals surface area contributed by atoms with E-state index in [0.29, 0.717) is 27.7 Å². The molecule has 0 aliphatic rings. The van der Waals surface area contributed by atoms with Crippen LogP contribution in [0.1, 0.15) is 34.1 Å². The van der Waals surface area contributed by atoms with Gasteiger partial charge in [-0.25, -0.2) is 0 Å². The summed E-state index contributed by atoms with van der Waals surface area (Å²) in [5.74, 6) is 0.0144. The number of carbonyl (C=O) groups is 3. The van der Waals surface area contributed by atoms with Crippen molar-refractivity contribution < 1.29 is 14.4 Å². The number of amides is 2. The molecule has 0 aromatic heterocycles. The molecule has 1 unspecified atom stereocenters. The predicted octanol–water partition coefficient (Wildman–Crippen LogP) is 4.14. The summed E-state index contributed by atoms with van der Waals surface area (Å²) in [6, 6.07) is 13.1. The molecule has 0 saturated carbocycles. The van der Waals surface area contributed by atoms with Gasteiger partial charge in [-0.3, -0.25) is 14.4 Å². The van der Waals surface area contributed by atoms with Crippen molar-refractivity contribution in [3.8, 4) is 0 Å². The quantitative estimate of drug-likeness (QED) is 0.594. The molecule has 2 aromatic rings. The molecule has 0 aliphatic heterocycles. The molecule has 1 atom stereocenters. The molecule has 0 bridgehead atoms. The van der Waals surface area contributed by atoms with Crippen LogP contribution in [0, 0.1) is 0 Å². The van der Waals surface area contributed by atoms with Crippen molar-refractivity contribution in [2.75, 3.05) is 17.3 Å². The molecule has 2 N–H and O–H groups in total. The first-order chi connectivity index (χ1) is 12.9. The zero-order valence-corrected chi connectivity index (χ0v) is 17.5. The fraction of sp³-hybridized carbons (Fsp3) is 0.250. The average Bonchev–Trinajstić information content (AvgIpc) is 2.65. The number of benzene rings is 2. The monoisotopic (exact) mass is 448 g/mol. The first-order valence-corrected chi connectivity index (χ1v) is 10.6. The van der Waals surface area contributed by atoms with E-state index in [4.69, 9.17) is 0 Å². The van der Waals surface area contributed by atoms with Gasteiger partial charge < -0.3 is 10.6 Å². The second-order valence-electron chi connectivity index (χ2n) is 5.91. The third-order valence-corrected chi connectivity index (χ3v) is 5.22. The van der Waals surface area contributed by atoms with Crippen LogP contribution in [-0.4, -0.2) is 35.6 Å². The van der Waals surface area contributed by atoms with Gasteiger partial charge in [0.25, 0.3) is 5.91 Å². The molecule has 5 nitrogen and oxygen atoms in total. The van der Waals surface area contributed by atoms with Crippen molar-refractivity contribution in [2.45, 2.75) is 19.4 Å². The number of hydrogen-bond donors (Lipinski definition) is 2. The first kappa shape index (κ1) is 21.2. The minimum absolute atomic E-state index is 0.0766. The molecule has 7 heteroatoms. The lowest BCUT2D eigenvalue weighted by atomic mass is 10.1. The Morgan fingerprint density at radius 3 is 2.52 bits per heavy atom. The van der Waals surface area contributed by atoms with E-state index in [2.05, 4.69) is 26.6 Å². The van der Waals surface area contributed by atoms with E-state index >= 15 is 0 Å². The van der Waals surface area contributed by atoms with Gasteiger partial charge in [0.2, 0.25) is 5.91 Å². The van der Waals surface area contributed by atoms with E-state index in [0.717, 1.165) is 5.75 Å². The summed E-state index contributed by atoms with van der Waals surface area (Å²) in [5.41, 5.74) is 1.51. The van der Waals surface area contributed by atoms with Crippen molar-refractivity contribution in [3.63, 3.8) is 0 Å². The molecule has 2 amide bonds. The maximum Gasteiger partial charge on any atom is 0.253 e. The van der Waals surface area contributed by atoms with Gasteiger partial charge in [-0.1, -0.05) is 24.3 Å². The number of halogens is 1. The number of nitrogens with one attached hydrogen (secondary N) is 2. The van der Waals surface area contributed by atoms with Crippen molar-refractivity contribution in [1.82, 2.24) is 5.32 Å². The Bertz CT molecular complexity index is 841. The van der Waals surface area contributed by atoms with Crippen molar-refractivity contribution in [1.29, 1.82) is 0 Å². The summed E-state index contributed by atoms with van der Waals surface area (Å²) in [5, 5.41) is 5.60. The second-order valence-corrected chi connectivity index (χ2v) is 7.75. The van der Waals surface area contributed by atoms with E-state index < -0.39 is 6.04 Å². The molecule has 0 aliphatic carbocycles. The fourth-order valence-electron chi connectivity index (χ4n) is 2.43. The van der Waals surface area contributed by atoms with Crippen LogP contribution in [0.3, 0.4) is 0 Å². The van der Waals surface area contributed by atoms with E-state index in [9.17, 15) is 14.4 Å². The number of anilines is 1. The Hall–Kier alpha value is -2.12. The highest BCUT2D eigenvalue weighted by Crippen LogP contribution is 2.17. The fourth-order valence-corrected chi connectivity index (χ4v) is 3.37. The summed E-state index contributed by atoms with van der Waals surface area (Å²) < 4.78 is 0.667. The molecule has 142 valence electrons. The van der Waals surface area contributed by atoms with Crippen LogP contribution < -0.4 is 10.6 Å². The van der Waals surface area contributed by atoms with Crippen LogP contribution in [0.15, 0.2) is 53.0 Å². The van der Waals surface area contributed by atoms with Gasteiger partial charge in [0.1, 0.15) is 6.04 Å². The Morgan fingerprint density at radius 2 is 1.85 bits per heavy atom. The molecule has 27 heavy (non-hydrogen) atoms. The van der Waals surface area contributed by atoms with Crippen molar-refractivity contribution in [2.24, 2.45) is 0 Å². The number of ketones is 1. The number of carbonyl (C=O) groups excluding carboxylic acids is 3. The van der Waals surface area contributed by atoms with Crippen LogP contribution in [0.2, 0.25) is 0 Å². The topological polar surface area (TPSA) is 75.3 Å². The van der Waals surface area contributed by atoms with Crippen LogP contribution >= 0.6 is 27.7 Å². The maximum atomic E-state index is 12.7. The molecule has 0 heterocycles. The smallest absolute Gasteiger partial charge is 0.253 e. The zero-order chi connectivity index (χ0) is 19.8. The summed E-state index contributed by atoms with van der Waals surface area (Å²) in [6.07, 6.45) is 2.44. The third kappa shape index (κ3) is 6.22. The van der Waals surface area contributed by atoms with E-state index in [1.807, 2.05) is 12.3 Å². The van der Waals surface area contributed by atoms with Crippen LogP contribution in [0.5, 0.6) is 0 Å². The summed E-state index contributed by atoms with van der Waals surface area (Å²) in [6.45, 7) is 1.47. The second kappa shape index (κ2) is 10.3. The Balaban J connectivity index is 2.13. The number of Topliss-reactive ketones (excluding diaryl/α,β-unsaturated/α-hetero) is 1. The van der Waals surface area contributed by atoms with Crippen LogP contribution in [-0.2, 0) is 4.79 Å². The molecule has 0 fully saturated rings. The van der Waals surface area contributed by atoms with E-state index in [1.165, 1.54) is 6.92 Å². The van der Waals surface area contributed by atoms with Gasteiger partial charge in [-0.15, -0.1) is 0 Å². The van der Waals surface area contributed by atoms with Gasteiger partial charge in [-0.05, 0) is 65.5 Å². The molecule has 2 aromatic carbocycles. The largest absolute Gasteiger partial charge is 0.340 e. The zero-order valence-electron chi connectivity index (χ0n) is 15.1. The molecule has 0 saturated heterocycles. The Kier molecular flexibility index (Phi) is 8.06. The lowest BCUT2D eigenvalue weighted by Crippen LogP contribution is -2.44. The molecule has 0 radical (unpaired) electrons. The Morgan fingerprint density at radius 1 is 1.11 bits per heavy atom. The van der Waals surface area contributed by atoms with Gasteiger partial charge >= 0.3 is 0 Å². The average molecular weight is 449 g/mol. The molecular weight excluding hydrogens is 428 g/mol. The van der Waals surface area contributed by atoms with Gasteiger partial charge in [-0.2, -0.15) is 11.8 Å². The molecule has 0 spiro atoms. The lowest BCUT2D eigenvalue weighted by molar-refractivity contribution is -0.118. The number of thioether (sulfide) groups is 1. The van der Waals surface area contributed by atoms with Gasteiger partial charge in [0.15, 0.2) is 5.78 Å². The minimum Gasteiger partial charge on any atom is -0.340 e. The SMILES string of the molecule is CSCCC(NC(=O)c1ccccc1Br)C(=O)Nc1cccc(C(C)=O)c1. The minimum atomic E-state index is -0.682. The van der Waals surface area contributed by atoms with Crippen LogP contribution in [0.25, 0.3) is 0 Å². The van der Waals surface area contributed by atoms with Gasteiger partial charge in [0, 0.05) is 15.7 Å². The Labute approximate surface area is 171 Å². The summed E-state index contributed by atoms with van der Waals surface area (Å²) in [7, 11) is 0. The highest BCUT2D eigenvalue weighted by atomic mass is 79.9. The highest BCUT2D eigenvalue weighted by Gasteiger charge is 2.22. The van der Waals surface area contributed by atoms with Crippen LogP contribution in [0.4, 0.5) is 5.69 Å². The maximum absolute atomic E-state index is 12.7. The van der Waals surface area contributed by atoms with Crippen molar-refractivity contribution in [3.05, 3.63) is 64.1 Å². The molecular formula is C20H21BrN2O3S. The van der Waals surface area contributed by atoms with E-state index in [1.54, 1.807) is 54.2 Å². The highest BCUT2D eigenvalue weighted by molar-refractivity contribution is 9.10. The third-order valence-electron chi connectivity index (χ3n) is 3.89. The predicted molar refractivity (Wildman–Crippen MR) is 113 cm³/mol. The summed E-state index contributed by atoms with van der Waals surface area (Å²) >= 11 is 4.96. The number of hydrogen-bond acceptors (Lipinski definition) is 4. The van der Waals surface area contributed by atoms with Gasteiger partial charge in [0.05, 0.1) is 5.56 Å². The standard InChI is InChI=1S/C20H21BrN2O3S/c1-13(24)14-6-5-7-15(12-14)22-20(26)18(10-11-27-2)23-19(25)16-8-3-4-9-17(16)21/h3-9,12,18H,10-11H2,1-2H3,(H,22,26)(H,23,25). The first-order valence-electron chi connectivity index (χ1n) is 8.38. The molecule has 2 rings (SSSR count). The van der Waals surface area contributed by atoms with E-state index in [-0.39, 0.29) is 17.6 Å².